The summed E-state index contributed by atoms with van der Waals surface area (Å²) in [7, 11) is 1.69. The average Bonchev–Trinajstić information content (AvgIpc) is 3.25. The Hall–Kier alpha value is -3.72. The zero-order chi connectivity index (χ0) is 26.7. The molecule has 0 saturated carbocycles. The Kier molecular flexibility index (Phi) is 9.86. The van der Waals surface area contributed by atoms with Gasteiger partial charge in [-0.3, -0.25) is 4.79 Å². The molecular weight excluding hydrogens is 482 g/mol. The molecule has 2 amide bonds. The van der Waals surface area contributed by atoms with Gasteiger partial charge in [-0.2, -0.15) is 0 Å². The van der Waals surface area contributed by atoms with Gasteiger partial charge in [-0.05, 0) is 23.1 Å². The number of hydrogen-bond acceptors (Lipinski definition) is 6. The summed E-state index contributed by atoms with van der Waals surface area (Å²) in [4.78, 5) is 26.4. The lowest BCUT2D eigenvalue weighted by Gasteiger charge is -2.21. The third kappa shape index (κ3) is 7.19. The molecule has 1 aliphatic rings. The number of nitrogens with zero attached hydrogens (tertiary/aromatic N) is 1. The number of nitrogens with two attached hydrogens (primary N) is 1. The molecule has 1 aliphatic carbocycles. The monoisotopic (exact) mass is 517 g/mol. The number of fused-ring (bicyclic) bond motifs is 3. The van der Waals surface area contributed by atoms with Crippen LogP contribution in [0.2, 0.25) is 0 Å². The SMILES string of the molecule is CN(CCOCCOCCNC(=O)[C@@H](N)Cc1ccccc1)C(=O)OC1c2ccccc2-c2ccccc21. The molecule has 38 heavy (non-hydrogen) atoms. The normalized spacial score (nSPS) is 12.9. The van der Waals surface area contributed by atoms with Gasteiger partial charge in [0.25, 0.3) is 0 Å². The van der Waals surface area contributed by atoms with Crippen LogP contribution in [0.5, 0.6) is 0 Å². The molecule has 8 heteroatoms. The number of ether oxygens (including phenoxy) is 3. The van der Waals surface area contributed by atoms with Gasteiger partial charge >= 0.3 is 6.09 Å². The van der Waals surface area contributed by atoms with Crippen molar-refractivity contribution in [3.63, 3.8) is 0 Å². The molecule has 0 saturated heterocycles. The average molecular weight is 518 g/mol. The summed E-state index contributed by atoms with van der Waals surface area (Å²) in [6.07, 6.45) is -0.326. The Morgan fingerprint density at radius 3 is 2.08 bits per heavy atom. The predicted octanol–water partition coefficient (Wildman–Crippen LogP) is 3.54. The fourth-order valence-corrected chi connectivity index (χ4v) is 4.38. The van der Waals surface area contributed by atoms with Gasteiger partial charge < -0.3 is 30.2 Å². The van der Waals surface area contributed by atoms with Crippen LogP contribution in [0.3, 0.4) is 0 Å². The van der Waals surface area contributed by atoms with Crippen molar-refractivity contribution in [2.24, 2.45) is 5.73 Å². The highest BCUT2D eigenvalue weighted by molar-refractivity contribution is 5.82. The van der Waals surface area contributed by atoms with E-state index in [2.05, 4.69) is 17.4 Å². The van der Waals surface area contributed by atoms with Crippen molar-refractivity contribution in [3.8, 4) is 11.1 Å². The van der Waals surface area contributed by atoms with Crippen molar-refractivity contribution >= 4 is 12.0 Å². The van der Waals surface area contributed by atoms with Crippen LogP contribution < -0.4 is 11.1 Å². The summed E-state index contributed by atoms with van der Waals surface area (Å²) in [6.45, 7) is 2.26. The molecule has 1 atom stereocenters. The van der Waals surface area contributed by atoms with Gasteiger partial charge in [-0.1, -0.05) is 78.9 Å². The predicted molar refractivity (Wildman–Crippen MR) is 146 cm³/mol. The van der Waals surface area contributed by atoms with Crippen LogP contribution in [0, 0.1) is 0 Å². The van der Waals surface area contributed by atoms with Gasteiger partial charge in [-0.15, -0.1) is 0 Å². The molecule has 4 rings (SSSR count). The molecule has 8 nitrogen and oxygen atoms in total. The molecular formula is C30H35N3O5. The highest BCUT2D eigenvalue weighted by Crippen LogP contribution is 2.45. The maximum atomic E-state index is 12.7. The Bertz CT molecular complexity index is 1160. The highest BCUT2D eigenvalue weighted by atomic mass is 16.6. The van der Waals surface area contributed by atoms with Crippen molar-refractivity contribution in [2.75, 3.05) is 46.6 Å². The molecule has 3 aromatic carbocycles. The third-order valence-electron chi connectivity index (χ3n) is 6.43. The van der Waals surface area contributed by atoms with Crippen LogP contribution in [-0.2, 0) is 25.4 Å². The van der Waals surface area contributed by atoms with Crippen molar-refractivity contribution in [1.29, 1.82) is 0 Å². The Morgan fingerprint density at radius 1 is 0.842 bits per heavy atom. The number of likely N-dealkylation sites (N-methyl/N-ethyl adjacent to an activating group) is 1. The summed E-state index contributed by atoms with van der Waals surface area (Å²) in [5.41, 5.74) is 11.2. The maximum Gasteiger partial charge on any atom is 0.410 e. The molecule has 0 heterocycles. The first kappa shape index (κ1) is 27.3. The quantitative estimate of drug-likeness (QED) is 0.336. The van der Waals surface area contributed by atoms with E-state index >= 15 is 0 Å². The van der Waals surface area contributed by atoms with Gasteiger partial charge in [0.1, 0.15) is 0 Å². The number of nitrogens with one attached hydrogen (secondary N) is 1. The Balaban J connectivity index is 1.07. The minimum atomic E-state index is -0.595. The topological polar surface area (TPSA) is 103 Å². The van der Waals surface area contributed by atoms with Crippen LogP contribution in [0.25, 0.3) is 11.1 Å². The van der Waals surface area contributed by atoms with Gasteiger partial charge in [0.2, 0.25) is 5.91 Å². The van der Waals surface area contributed by atoms with Crippen molar-refractivity contribution < 1.29 is 23.8 Å². The first-order chi connectivity index (χ1) is 18.5. The second-order valence-electron chi connectivity index (χ2n) is 9.17. The second kappa shape index (κ2) is 13.7. The maximum absolute atomic E-state index is 12.7. The van der Waals surface area contributed by atoms with Crippen molar-refractivity contribution in [1.82, 2.24) is 10.2 Å². The molecule has 0 unspecified atom stereocenters. The lowest BCUT2D eigenvalue weighted by molar-refractivity contribution is -0.122. The van der Waals surface area contributed by atoms with Crippen LogP contribution >= 0.6 is 0 Å². The number of hydrogen-bond donors (Lipinski definition) is 2. The lowest BCUT2D eigenvalue weighted by Crippen LogP contribution is -2.43. The van der Waals surface area contributed by atoms with Gasteiger partial charge in [0.15, 0.2) is 6.10 Å². The van der Waals surface area contributed by atoms with E-state index in [1.807, 2.05) is 66.7 Å². The minimum Gasteiger partial charge on any atom is -0.436 e. The minimum absolute atomic E-state index is 0.201. The zero-order valence-electron chi connectivity index (χ0n) is 21.7. The fourth-order valence-electron chi connectivity index (χ4n) is 4.38. The molecule has 0 spiro atoms. The molecule has 0 radical (unpaired) electrons. The van der Waals surface area contributed by atoms with E-state index in [-0.39, 0.29) is 5.91 Å². The number of rotatable bonds is 13. The number of amides is 2. The van der Waals surface area contributed by atoms with E-state index < -0.39 is 18.2 Å². The molecule has 0 aromatic heterocycles. The van der Waals surface area contributed by atoms with E-state index in [1.54, 1.807) is 7.05 Å². The zero-order valence-corrected chi connectivity index (χ0v) is 21.7. The van der Waals surface area contributed by atoms with Crippen LogP contribution in [-0.4, -0.2) is 69.5 Å². The van der Waals surface area contributed by atoms with E-state index in [0.717, 1.165) is 27.8 Å². The Labute approximate surface area is 223 Å². The third-order valence-corrected chi connectivity index (χ3v) is 6.43. The standard InChI is InChI=1S/C30H35N3O5/c1-33(30(35)38-28-25-13-7-5-11-23(25)24-12-6-8-14-26(24)28)16-18-37-20-19-36-17-15-32-29(34)27(31)21-22-9-3-2-4-10-22/h2-14,27-28H,15-21,31H2,1H3,(H,32,34)/t27-/m0/s1. The smallest absolute Gasteiger partial charge is 0.410 e. The largest absolute Gasteiger partial charge is 0.436 e. The van der Waals surface area contributed by atoms with E-state index in [9.17, 15) is 9.59 Å². The van der Waals surface area contributed by atoms with E-state index in [0.29, 0.717) is 45.9 Å². The van der Waals surface area contributed by atoms with Crippen LogP contribution in [0.15, 0.2) is 78.9 Å². The van der Waals surface area contributed by atoms with Crippen molar-refractivity contribution in [3.05, 3.63) is 95.6 Å². The lowest BCUT2D eigenvalue weighted by atomic mass is 10.1. The van der Waals surface area contributed by atoms with Gasteiger partial charge in [-0.25, -0.2) is 4.79 Å². The number of benzene rings is 3. The van der Waals surface area contributed by atoms with Crippen LogP contribution in [0.4, 0.5) is 4.79 Å². The van der Waals surface area contributed by atoms with E-state index in [1.165, 1.54) is 4.90 Å². The molecule has 3 aromatic rings. The summed E-state index contributed by atoms with van der Waals surface area (Å²) >= 11 is 0. The summed E-state index contributed by atoms with van der Waals surface area (Å²) in [5.74, 6) is -0.201. The van der Waals surface area contributed by atoms with Gasteiger partial charge in [0.05, 0.1) is 32.5 Å². The molecule has 200 valence electrons. The number of carbonyl (C=O) groups excluding carboxylic acids is 2. The highest BCUT2D eigenvalue weighted by Gasteiger charge is 2.31. The first-order valence-corrected chi connectivity index (χ1v) is 12.9. The van der Waals surface area contributed by atoms with E-state index in [4.69, 9.17) is 19.9 Å². The summed E-state index contributed by atoms with van der Waals surface area (Å²) < 4.78 is 17.0. The summed E-state index contributed by atoms with van der Waals surface area (Å²) in [5, 5.41) is 2.79. The summed E-state index contributed by atoms with van der Waals surface area (Å²) in [6, 6.07) is 25.1. The number of carbonyl (C=O) groups is 2. The fraction of sp³-hybridized carbons (Fsp3) is 0.333. The van der Waals surface area contributed by atoms with Gasteiger partial charge in [0, 0.05) is 31.3 Å². The molecule has 0 aliphatic heterocycles. The first-order valence-electron chi connectivity index (χ1n) is 12.9. The van der Waals surface area contributed by atoms with Crippen LogP contribution in [0.1, 0.15) is 22.8 Å². The van der Waals surface area contributed by atoms with Crippen molar-refractivity contribution in [2.45, 2.75) is 18.6 Å². The molecule has 0 bridgehead atoms. The molecule has 3 N–H and O–H groups in total. The Morgan fingerprint density at radius 2 is 1.42 bits per heavy atom. The molecule has 0 fully saturated rings. The second-order valence-corrected chi connectivity index (χ2v) is 9.17.